The van der Waals surface area contributed by atoms with Crippen molar-refractivity contribution in [3.8, 4) is 5.75 Å². The molecule has 1 aliphatic heterocycles. The summed E-state index contributed by atoms with van der Waals surface area (Å²) in [5.41, 5.74) is 0.417. The van der Waals surface area contributed by atoms with E-state index in [1.54, 1.807) is 24.3 Å². The molecule has 1 atom stereocenters. The molecule has 0 aromatic heterocycles. The third-order valence-electron chi connectivity index (χ3n) is 9.28. The van der Waals surface area contributed by atoms with Gasteiger partial charge < -0.3 is 14.6 Å². The number of benzene rings is 5. The lowest BCUT2D eigenvalue weighted by Gasteiger charge is -2.43. The molecule has 0 unspecified atom stereocenters. The Morgan fingerprint density at radius 3 is 1.60 bits per heavy atom. The van der Waals surface area contributed by atoms with Crippen molar-refractivity contribution in [3.63, 3.8) is 0 Å². The molecule has 0 fully saturated rings. The van der Waals surface area contributed by atoms with Crippen molar-refractivity contribution < 1.29 is 31.3 Å². The molecule has 50 heavy (non-hydrogen) atoms. The van der Waals surface area contributed by atoms with Gasteiger partial charge in [-0.15, -0.1) is 0 Å². The van der Waals surface area contributed by atoms with Crippen LogP contribution >= 0.6 is 0 Å². The monoisotopic (exact) mass is 683 g/mol. The Labute approximate surface area is 290 Å². The van der Waals surface area contributed by atoms with Gasteiger partial charge in [0.25, 0.3) is 0 Å². The van der Waals surface area contributed by atoms with Crippen LogP contribution in [0.5, 0.6) is 5.75 Å². The van der Waals surface area contributed by atoms with Crippen LogP contribution < -0.4 is 15.4 Å². The quantitative estimate of drug-likeness (QED) is 0.0887. The van der Waals surface area contributed by atoms with Crippen LogP contribution in [0, 0.1) is 29.1 Å². The van der Waals surface area contributed by atoms with Crippen LogP contribution in [-0.4, -0.2) is 7.12 Å². The van der Waals surface area contributed by atoms with Gasteiger partial charge in [-0.25, -0.2) is 22.0 Å². The van der Waals surface area contributed by atoms with E-state index < -0.39 is 58.7 Å². The molecule has 0 bridgehead atoms. The second-order valence-corrected chi connectivity index (χ2v) is 14.8. The summed E-state index contributed by atoms with van der Waals surface area (Å²) in [6, 6.07) is 30.6. The van der Waals surface area contributed by atoms with Gasteiger partial charge in [0.2, 0.25) is 0 Å². The van der Waals surface area contributed by atoms with Gasteiger partial charge in [-0.1, -0.05) is 145 Å². The Morgan fingerprint density at radius 2 is 1.12 bits per heavy atom. The van der Waals surface area contributed by atoms with Crippen LogP contribution in [0.3, 0.4) is 0 Å². The lowest BCUT2D eigenvalue weighted by Crippen LogP contribution is -2.54. The summed E-state index contributed by atoms with van der Waals surface area (Å²) >= 11 is 0. The lowest BCUT2D eigenvalue weighted by molar-refractivity contribution is 0.0490. The van der Waals surface area contributed by atoms with Crippen LogP contribution in [0.1, 0.15) is 81.0 Å². The largest absolute Gasteiger partial charge is 0.570 e. The molecule has 0 radical (unpaired) electrons. The first-order valence-corrected chi connectivity index (χ1v) is 16.6. The Kier molecular flexibility index (Phi) is 9.44. The Morgan fingerprint density at radius 1 is 0.640 bits per heavy atom. The zero-order valence-corrected chi connectivity index (χ0v) is 28.9. The second kappa shape index (κ2) is 13.3. The zero-order valence-electron chi connectivity index (χ0n) is 28.9. The molecule has 6 rings (SSSR count). The summed E-state index contributed by atoms with van der Waals surface area (Å²) in [6.45, 7) is 12.3. The van der Waals surface area contributed by atoms with E-state index in [0.29, 0.717) is 22.3 Å². The van der Waals surface area contributed by atoms with Gasteiger partial charge in [-0.05, 0) is 38.6 Å². The van der Waals surface area contributed by atoms with E-state index in [9.17, 15) is 4.39 Å². The predicted octanol–water partition coefficient (Wildman–Crippen LogP) is 9.56. The van der Waals surface area contributed by atoms with Crippen LogP contribution in [0.15, 0.2) is 103 Å². The van der Waals surface area contributed by atoms with Gasteiger partial charge in [0.15, 0.2) is 29.1 Å². The molecule has 1 aliphatic rings. The molecule has 258 valence electrons. The van der Waals surface area contributed by atoms with E-state index in [4.69, 9.17) is 9.31 Å². The molecule has 0 saturated heterocycles. The highest BCUT2D eigenvalue weighted by Crippen LogP contribution is 2.48. The maximum atomic E-state index is 16.0. The number of hydrogen-bond donors (Lipinski definition) is 1. The fourth-order valence-electron chi connectivity index (χ4n) is 6.63. The van der Waals surface area contributed by atoms with Gasteiger partial charge in [-0.3, -0.25) is 0 Å². The van der Waals surface area contributed by atoms with E-state index in [1.165, 1.54) is 0 Å². The summed E-state index contributed by atoms with van der Waals surface area (Å²) in [6.07, 6.45) is 0. The van der Waals surface area contributed by atoms with E-state index in [2.05, 4.69) is 26.1 Å². The summed E-state index contributed by atoms with van der Waals surface area (Å²) in [5, 5.41) is 3.71. The molecule has 9 heteroatoms. The maximum Gasteiger partial charge on any atom is 0.570 e. The minimum Gasteiger partial charge on any atom is -0.532 e. The highest BCUT2D eigenvalue weighted by Gasteiger charge is 2.51. The highest BCUT2D eigenvalue weighted by molar-refractivity contribution is 6.62. The number of fused-ring (bicyclic) bond motifs is 1. The SMILES string of the molecule is CC(C)(C)c1cc2c(c(C(C)(C)C)c1)OB(c1c(F)c(F)c(F)c(F)c1F)OC(c1ccccc1)(c1ccccc1)[C@@H](c1ccccc1)NC2. The van der Waals surface area contributed by atoms with Gasteiger partial charge in [0, 0.05) is 12.1 Å². The van der Waals surface area contributed by atoms with Crippen molar-refractivity contribution in [2.24, 2.45) is 0 Å². The minimum absolute atomic E-state index is 0.205. The van der Waals surface area contributed by atoms with Crippen molar-refractivity contribution >= 4 is 12.6 Å². The molecule has 0 aliphatic carbocycles. The first-order valence-electron chi connectivity index (χ1n) is 16.6. The number of hydrogen-bond acceptors (Lipinski definition) is 3. The number of halogens is 5. The maximum absolute atomic E-state index is 16.0. The van der Waals surface area contributed by atoms with E-state index in [1.807, 2.05) is 99.6 Å². The molecule has 5 aromatic rings. The average Bonchev–Trinajstić information content (AvgIpc) is 3.16. The van der Waals surface area contributed by atoms with Crippen LogP contribution in [0.4, 0.5) is 22.0 Å². The van der Waals surface area contributed by atoms with Crippen LogP contribution in [0.2, 0.25) is 0 Å². The Hall–Kier alpha value is -4.47. The lowest BCUT2D eigenvalue weighted by atomic mass is 9.71. The van der Waals surface area contributed by atoms with Crippen molar-refractivity contribution in [3.05, 3.63) is 166 Å². The number of rotatable bonds is 4. The standard InChI is InChI=1S/C41H39BF5NO2/c1-39(2,3)29-22-26-24-48-38(25-16-10-7-11-17-25)41(27-18-12-8-13-19-27,28-20-14-9-15-21-28)50-42(49-37(26)30(23-29)40(4,5)6)31-32(43)34(45)36(47)35(46)33(31)44/h7-23,38,48H,24H2,1-6H3/t38-/m1/s1. The molecule has 3 nitrogen and oxygen atoms in total. The molecule has 0 spiro atoms. The summed E-state index contributed by atoms with van der Waals surface area (Å²) in [4.78, 5) is 0. The fraction of sp³-hybridized carbons (Fsp3) is 0.268. The van der Waals surface area contributed by atoms with Crippen LogP contribution in [-0.2, 0) is 27.6 Å². The molecule has 1 N–H and O–H groups in total. The van der Waals surface area contributed by atoms with Gasteiger partial charge in [0.05, 0.1) is 11.5 Å². The van der Waals surface area contributed by atoms with E-state index in [0.717, 1.165) is 11.1 Å². The van der Waals surface area contributed by atoms with Crippen LogP contribution in [0.25, 0.3) is 0 Å². The predicted molar refractivity (Wildman–Crippen MR) is 187 cm³/mol. The minimum atomic E-state index is -2.27. The van der Waals surface area contributed by atoms with Crippen molar-refractivity contribution in [2.45, 2.75) is 70.6 Å². The normalized spacial score (nSPS) is 16.5. The average molecular weight is 684 g/mol. The van der Waals surface area contributed by atoms with Gasteiger partial charge in [-0.2, -0.15) is 0 Å². The topological polar surface area (TPSA) is 30.5 Å². The van der Waals surface area contributed by atoms with Crippen molar-refractivity contribution in [1.29, 1.82) is 0 Å². The van der Waals surface area contributed by atoms with Gasteiger partial charge in [0.1, 0.15) is 11.4 Å². The molecule has 0 amide bonds. The number of nitrogens with one attached hydrogen (secondary N) is 1. The first-order chi connectivity index (χ1) is 23.6. The molecular weight excluding hydrogens is 644 g/mol. The summed E-state index contributed by atoms with van der Waals surface area (Å²) < 4.78 is 90.4. The van der Waals surface area contributed by atoms with E-state index in [-0.39, 0.29) is 17.7 Å². The first kappa shape index (κ1) is 35.4. The Bertz CT molecular complexity index is 1930. The summed E-state index contributed by atoms with van der Waals surface area (Å²) in [5.74, 6) is -10.3. The summed E-state index contributed by atoms with van der Waals surface area (Å²) in [7, 11) is -2.12. The molecular formula is C41H39BF5NO2. The Balaban J connectivity index is 1.77. The van der Waals surface area contributed by atoms with Gasteiger partial charge >= 0.3 is 7.12 Å². The smallest absolute Gasteiger partial charge is 0.532 e. The van der Waals surface area contributed by atoms with Crippen molar-refractivity contribution in [1.82, 2.24) is 5.32 Å². The second-order valence-electron chi connectivity index (χ2n) is 14.8. The third-order valence-corrected chi connectivity index (χ3v) is 9.28. The third kappa shape index (κ3) is 6.33. The zero-order chi connectivity index (χ0) is 36.0. The molecule has 1 heterocycles. The highest BCUT2D eigenvalue weighted by atomic mass is 19.2. The van der Waals surface area contributed by atoms with E-state index >= 15 is 17.6 Å². The fourth-order valence-corrected chi connectivity index (χ4v) is 6.63. The molecule has 5 aromatic carbocycles. The molecule has 0 saturated carbocycles. The van der Waals surface area contributed by atoms with Crippen molar-refractivity contribution in [2.75, 3.05) is 0 Å².